The molecule has 7 heteroatoms. The highest BCUT2D eigenvalue weighted by atomic mass is 35.5. The summed E-state index contributed by atoms with van der Waals surface area (Å²) >= 11 is 0. The lowest BCUT2D eigenvalue weighted by Gasteiger charge is -2.37. The first kappa shape index (κ1) is 20.0. The Morgan fingerprint density at radius 2 is 1.68 bits per heavy atom. The van der Waals surface area contributed by atoms with Gasteiger partial charge in [-0.2, -0.15) is 0 Å². The van der Waals surface area contributed by atoms with Crippen molar-refractivity contribution < 1.29 is 4.79 Å². The summed E-state index contributed by atoms with van der Waals surface area (Å²) in [6.07, 6.45) is 0. The highest BCUT2D eigenvalue weighted by molar-refractivity contribution is 5.91. The summed E-state index contributed by atoms with van der Waals surface area (Å²) in [5, 5.41) is 7.98. The van der Waals surface area contributed by atoms with Gasteiger partial charge in [0.05, 0.1) is 5.69 Å². The van der Waals surface area contributed by atoms with Gasteiger partial charge in [0.25, 0.3) is 5.91 Å². The Morgan fingerprint density at radius 1 is 1.04 bits per heavy atom. The molecule has 0 spiro atoms. The number of hydrogen-bond acceptors (Lipinski definition) is 4. The van der Waals surface area contributed by atoms with E-state index >= 15 is 0 Å². The molecule has 0 aliphatic carbocycles. The monoisotopic (exact) mass is 397 g/mol. The summed E-state index contributed by atoms with van der Waals surface area (Å²) in [5.41, 5.74) is 1.80. The van der Waals surface area contributed by atoms with E-state index in [4.69, 9.17) is 0 Å². The molecular weight excluding hydrogens is 374 g/mol. The van der Waals surface area contributed by atoms with Crippen molar-refractivity contribution in [2.24, 2.45) is 0 Å². The molecule has 1 aliphatic rings. The lowest BCUT2D eigenvalue weighted by molar-refractivity contribution is 0.0590. The Morgan fingerprint density at radius 3 is 2.36 bits per heavy atom. The number of amides is 1. The maximum Gasteiger partial charge on any atom is 0.293 e. The van der Waals surface area contributed by atoms with Gasteiger partial charge in [0.2, 0.25) is 5.82 Å². The zero-order chi connectivity index (χ0) is 18.8. The second-order valence-corrected chi connectivity index (χ2v) is 6.85. The Balaban J connectivity index is 0.00000225. The van der Waals surface area contributed by atoms with Gasteiger partial charge in [0.15, 0.2) is 5.82 Å². The molecule has 1 aliphatic heterocycles. The van der Waals surface area contributed by atoms with Crippen molar-refractivity contribution in [1.29, 1.82) is 0 Å². The summed E-state index contributed by atoms with van der Waals surface area (Å²) < 4.78 is 1.75. The van der Waals surface area contributed by atoms with Gasteiger partial charge in [-0.15, -0.1) is 17.5 Å². The van der Waals surface area contributed by atoms with Gasteiger partial charge < -0.3 is 10.2 Å². The molecule has 6 nitrogen and oxygen atoms in total. The zero-order valence-electron chi connectivity index (χ0n) is 15.9. The van der Waals surface area contributed by atoms with Crippen LogP contribution >= 0.6 is 12.4 Å². The van der Waals surface area contributed by atoms with Crippen molar-refractivity contribution in [2.75, 3.05) is 13.1 Å². The van der Waals surface area contributed by atoms with E-state index in [1.165, 1.54) is 0 Å². The summed E-state index contributed by atoms with van der Waals surface area (Å²) in [6, 6.07) is 20.0. The highest BCUT2D eigenvalue weighted by Crippen LogP contribution is 2.22. The zero-order valence-corrected chi connectivity index (χ0v) is 16.8. The number of nitrogens with one attached hydrogen (secondary N) is 1. The van der Waals surface area contributed by atoms with Gasteiger partial charge in [0.1, 0.15) is 0 Å². The van der Waals surface area contributed by atoms with Crippen LogP contribution < -0.4 is 5.32 Å². The topological polar surface area (TPSA) is 63.1 Å². The smallest absolute Gasteiger partial charge is 0.293 e. The molecular formula is C21H24ClN5O. The van der Waals surface area contributed by atoms with Crippen LogP contribution in [0.25, 0.3) is 17.1 Å². The standard InChI is InChI=1S/C21H23N5O.ClH/c1-15-16(2)25(14-13-22-15)21(27)19-23-20(17-9-5-3-6-10-17)26(24-19)18-11-7-4-8-12-18;/h3-12,15-16,22H,13-14H2,1-2H3;1H. The van der Waals surface area contributed by atoms with E-state index in [9.17, 15) is 4.79 Å². The Bertz CT molecular complexity index is 871. The predicted molar refractivity (Wildman–Crippen MR) is 112 cm³/mol. The minimum Gasteiger partial charge on any atom is -0.330 e. The van der Waals surface area contributed by atoms with Crippen molar-refractivity contribution in [1.82, 2.24) is 25.0 Å². The van der Waals surface area contributed by atoms with Crippen molar-refractivity contribution >= 4 is 18.3 Å². The van der Waals surface area contributed by atoms with Gasteiger partial charge in [-0.1, -0.05) is 48.5 Å². The molecule has 0 radical (unpaired) electrons. The molecule has 1 saturated heterocycles. The van der Waals surface area contributed by atoms with Crippen LogP contribution in [0.4, 0.5) is 0 Å². The van der Waals surface area contributed by atoms with Crippen LogP contribution in [0.5, 0.6) is 0 Å². The SMILES string of the molecule is CC1NCCN(C(=O)c2nc(-c3ccccc3)n(-c3ccccc3)n2)C1C.Cl. The molecule has 3 aromatic rings. The quantitative estimate of drug-likeness (QED) is 0.737. The van der Waals surface area contributed by atoms with Gasteiger partial charge in [0, 0.05) is 30.7 Å². The molecule has 28 heavy (non-hydrogen) atoms. The Hall–Kier alpha value is -2.70. The van der Waals surface area contributed by atoms with Gasteiger partial charge >= 0.3 is 0 Å². The fraction of sp³-hybridized carbons (Fsp3) is 0.286. The number of carbonyl (C=O) groups excluding carboxylic acids is 1. The van der Waals surface area contributed by atoms with Gasteiger partial charge in [-0.05, 0) is 26.0 Å². The van der Waals surface area contributed by atoms with Crippen molar-refractivity contribution in [2.45, 2.75) is 25.9 Å². The lowest BCUT2D eigenvalue weighted by Crippen LogP contribution is -2.57. The first-order chi connectivity index (χ1) is 13.1. The molecule has 2 unspecified atom stereocenters. The molecule has 0 saturated carbocycles. The fourth-order valence-corrected chi connectivity index (χ4v) is 3.40. The van der Waals surface area contributed by atoms with E-state index in [-0.39, 0.29) is 36.2 Å². The maximum absolute atomic E-state index is 13.1. The van der Waals surface area contributed by atoms with Crippen molar-refractivity contribution in [3.05, 3.63) is 66.5 Å². The molecule has 0 bridgehead atoms. The van der Waals surface area contributed by atoms with E-state index in [0.29, 0.717) is 12.4 Å². The Labute approximate surface area is 171 Å². The third-order valence-corrected chi connectivity index (χ3v) is 5.13. The number of halogens is 1. The molecule has 1 aromatic heterocycles. The molecule has 2 atom stereocenters. The number of aromatic nitrogens is 3. The van der Waals surface area contributed by atoms with E-state index in [0.717, 1.165) is 17.8 Å². The molecule has 2 aromatic carbocycles. The second-order valence-electron chi connectivity index (χ2n) is 6.85. The number of nitrogens with zero attached hydrogens (tertiary/aromatic N) is 4. The molecule has 2 heterocycles. The van der Waals surface area contributed by atoms with Crippen molar-refractivity contribution in [3.8, 4) is 17.1 Å². The minimum absolute atomic E-state index is 0. The molecule has 146 valence electrons. The van der Waals surface area contributed by atoms with Crippen LogP contribution in [0.15, 0.2) is 60.7 Å². The highest BCUT2D eigenvalue weighted by Gasteiger charge is 2.31. The summed E-state index contributed by atoms with van der Waals surface area (Å²) in [7, 11) is 0. The largest absolute Gasteiger partial charge is 0.330 e. The normalized spacial score (nSPS) is 19.1. The van der Waals surface area contributed by atoms with Crippen LogP contribution in [-0.2, 0) is 0 Å². The third-order valence-electron chi connectivity index (χ3n) is 5.13. The fourth-order valence-electron chi connectivity index (χ4n) is 3.40. The Kier molecular flexibility index (Phi) is 6.11. The molecule has 1 amide bonds. The van der Waals surface area contributed by atoms with E-state index in [1.54, 1.807) is 4.68 Å². The first-order valence-corrected chi connectivity index (χ1v) is 9.27. The number of rotatable bonds is 3. The predicted octanol–water partition coefficient (Wildman–Crippen LogP) is 3.18. The van der Waals surface area contributed by atoms with Crippen LogP contribution in [0.1, 0.15) is 24.5 Å². The minimum atomic E-state index is -0.122. The molecule has 1 N–H and O–H groups in total. The maximum atomic E-state index is 13.1. The number of benzene rings is 2. The number of para-hydroxylation sites is 1. The first-order valence-electron chi connectivity index (χ1n) is 9.27. The number of hydrogen-bond donors (Lipinski definition) is 1. The average molecular weight is 398 g/mol. The van der Waals surface area contributed by atoms with Crippen LogP contribution in [0, 0.1) is 0 Å². The summed E-state index contributed by atoms with van der Waals surface area (Å²) in [5.74, 6) is 0.780. The van der Waals surface area contributed by atoms with Crippen LogP contribution in [0.2, 0.25) is 0 Å². The van der Waals surface area contributed by atoms with E-state index < -0.39 is 0 Å². The van der Waals surface area contributed by atoms with Crippen molar-refractivity contribution in [3.63, 3.8) is 0 Å². The molecule has 4 rings (SSSR count). The third kappa shape index (κ3) is 3.79. The van der Waals surface area contributed by atoms with E-state index in [1.807, 2.05) is 65.6 Å². The molecule has 1 fully saturated rings. The average Bonchev–Trinajstić information content (AvgIpc) is 3.16. The van der Waals surface area contributed by atoms with Crippen LogP contribution in [0.3, 0.4) is 0 Å². The number of carbonyl (C=O) groups is 1. The van der Waals surface area contributed by atoms with Crippen LogP contribution in [-0.4, -0.2) is 50.7 Å². The summed E-state index contributed by atoms with van der Waals surface area (Å²) in [6.45, 7) is 5.59. The van der Waals surface area contributed by atoms with E-state index in [2.05, 4.69) is 29.2 Å². The van der Waals surface area contributed by atoms with Gasteiger partial charge in [-0.3, -0.25) is 4.79 Å². The lowest BCUT2D eigenvalue weighted by atomic mass is 10.1. The number of piperazine rings is 1. The second kappa shape index (κ2) is 8.54. The summed E-state index contributed by atoms with van der Waals surface area (Å²) in [4.78, 5) is 19.6. The van der Waals surface area contributed by atoms with Gasteiger partial charge in [-0.25, -0.2) is 9.67 Å².